The molecule has 0 aliphatic heterocycles. The van der Waals surface area contributed by atoms with Gasteiger partial charge in [-0.3, -0.25) is 0 Å². The predicted octanol–water partition coefficient (Wildman–Crippen LogP) is 2.33. The van der Waals surface area contributed by atoms with Gasteiger partial charge in [-0.1, -0.05) is 12.1 Å². The van der Waals surface area contributed by atoms with Crippen molar-refractivity contribution < 1.29 is 18.3 Å². The summed E-state index contributed by atoms with van der Waals surface area (Å²) < 4.78 is 28.7. The van der Waals surface area contributed by atoms with Crippen molar-refractivity contribution in [3.63, 3.8) is 0 Å². The quantitative estimate of drug-likeness (QED) is 0.781. The summed E-state index contributed by atoms with van der Waals surface area (Å²) in [5.41, 5.74) is 0.785. The molecule has 0 heterocycles. The number of hydrogen-bond donors (Lipinski definition) is 1. The molecule has 1 atom stereocenters. The lowest BCUT2D eigenvalue weighted by Gasteiger charge is -2.10. The highest BCUT2D eigenvalue weighted by molar-refractivity contribution is 7.91. The molecule has 19 heavy (non-hydrogen) atoms. The van der Waals surface area contributed by atoms with Gasteiger partial charge >= 0.3 is 0 Å². The lowest BCUT2D eigenvalue weighted by molar-refractivity contribution is 0.198. The highest BCUT2D eigenvalue weighted by Crippen LogP contribution is 2.19. The lowest BCUT2D eigenvalue weighted by atomic mass is 10.1. The molecule has 1 N–H and O–H groups in total. The van der Waals surface area contributed by atoms with E-state index in [0.717, 1.165) is 5.56 Å². The van der Waals surface area contributed by atoms with E-state index < -0.39 is 15.9 Å². The van der Waals surface area contributed by atoms with E-state index >= 15 is 0 Å². The Hall–Kier alpha value is -1.07. The summed E-state index contributed by atoms with van der Waals surface area (Å²) in [5.74, 6) is 0.793. The van der Waals surface area contributed by atoms with Crippen molar-refractivity contribution in [2.24, 2.45) is 0 Å². The van der Waals surface area contributed by atoms with E-state index in [1.165, 1.54) is 0 Å². The smallest absolute Gasteiger partial charge is 0.152 e. The van der Waals surface area contributed by atoms with Gasteiger partial charge in [0.2, 0.25) is 0 Å². The first-order valence-corrected chi connectivity index (χ1v) is 8.17. The molecule has 0 aliphatic carbocycles. The van der Waals surface area contributed by atoms with E-state index in [1.54, 1.807) is 32.9 Å². The minimum atomic E-state index is -2.99. The summed E-state index contributed by atoms with van der Waals surface area (Å²) in [6.45, 7) is 5.41. The van der Waals surface area contributed by atoms with Crippen molar-refractivity contribution in [1.82, 2.24) is 0 Å². The molecule has 0 aliphatic rings. The second kappa shape index (κ2) is 6.91. The first-order chi connectivity index (χ1) is 8.83. The Morgan fingerprint density at radius 1 is 1.26 bits per heavy atom. The maximum absolute atomic E-state index is 11.6. The van der Waals surface area contributed by atoms with Crippen LogP contribution < -0.4 is 4.74 Å². The number of aliphatic hydroxyl groups is 1. The van der Waals surface area contributed by atoms with Crippen LogP contribution in [-0.2, 0) is 9.84 Å². The predicted molar refractivity (Wildman–Crippen MR) is 76.1 cm³/mol. The van der Waals surface area contributed by atoms with Crippen LogP contribution in [0.1, 0.15) is 38.9 Å². The summed E-state index contributed by atoms with van der Waals surface area (Å²) in [6.07, 6.45) is -0.0655. The van der Waals surface area contributed by atoms with Crippen molar-refractivity contribution in [2.45, 2.75) is 38.5 Å². The third-order valence-corrected chi connectivity index (χ3v) is 5.19. The molecule has 0 bridgehead atoms. The first-order valence-electron chi connectivity index (χ1n) is 6.45. The van der Waals surface area contributed by atoms with Crippen LogP contribution in [0.2, 0.25) is 0 Å². The molecule has 1 rings (SSSR count). The number of ether oxygens (including phenoxy) is 1. The van der Waals surface area contributed by atoms with Gasteiger partial charge in [-0.15, -0.1) is 0 Å². The molecular formula is C14H22O4S. The van der Waals surface area contributed by atoms with Gasteiger partial charge in [-0.2, -0.15) is 0 Å². The van der Waals surface area contributed by atoms with E-state index in [1.807, 2.05) is 12.1 Å². The molecule has 0 saturated carbocycles. The number of aliphatic hydroxyl groups excluding tert-OH is 1. The highest BCUT2D eigenvalue weighted by Gasteiger charge is 2.15. The largest absolute Gasteiger partial charge is 0.494 e. The standard InChI is InChI=1S/C14H22O4S/c1-11(2)19(16,17)9-5-8-18-14-7-4-6-13(10-14)12(3)15/h4,6-7,10-12,15H,5,8-9H2,1-3H3. The summed E-state index contributed by atoms with van der Waals surface area (Å²) in [4.78, 5) is 0. The summed E-state index contributed by atoms with van der Waals surface area (Å²) in [5, 5.41) is 9.11. The van der Waals surface area contributed by atoms with E-state index in [0.29, 0.717) is 18.8 Å². The zero-order chi connectivity index (χ0) is 14.5. The van der Waals surface area contributed by atoms with Crippen LogP contribution in [0, 0.1) is 0 Å². The van der Waals surface area contributed by atoms with Crippen molar-refractivity contribution in [1.29, 1.82) is 0 Å². The van der Waals surface area contributed by atoms with Crippen LogP contribution in [0.5, 0.6) is 5.75 Å². The van der Waals surface area contributed by atoms with E-state index in [2.05, 4.69) is 0 Å². The Bertz CT molecular complexity index is 492. The molecule has 0 aromatic heterocycles. The van der Waals surface area contributed by atoms with E-state index in [4.69, 9.17) is 4.74 Å². The molecule has 5 heteroatoms. The molecule has 0 radical (unpaired) electrons. The van der Waals surface area contributed by atoms with E-state index in [9.17, 15) is 13.5 Å². The molecule has 0 spiro atoms. The van der Waals surface area contributed by atoms with Gasteiger partial charge in [0.05, 0.1) is 23.7 Å². The van der Waals surface area contributed by atoms with Crippen molar-refractivity contribution in [2.75, 3.05) is 12.4 Å². The van der Waals surface area contributed by atoms with Crippen LogP contribution in [0.15, 0.2) is 24.3 Å². The molecule has 0 fully saturated rings. The van der Waals surface area contributed by atoms with Crippen molar-refractivity contribution >= 4 is 9.84 Å². The van der Waals surface area contributed by atoms with E-state index in [-0.39, 0.29) is 11.0 Å². The average molecular weight is 286 g/mol. The molecule has 0 amide bonds. The number of rotatable bonds is 7. The third kappa shape index (κ3) is 5.20. The molecule has 1 aromatic rings. The van der Waals surface area contributed by atoms with Crippen molar-refractivity contribution in [3.05, 3.63) is 29.8 Å². The minimum Gasteiger partial charge on any atom is -0.494 e. The van der Waals surface area contributed by atoms with Crippen LogP contribution in [0.4, 0.5) is 0 Å². The topological polar surface area (TPSA) is 63.6 Å². The number of sulfone groups is 1. The molecule has 0 saturated heterocycles. The monoisotopic (exact) mass is 286 g/mol. The number of hydrogen-bond acceptors (Lipinski definition) is 4. The van der Waals surface area contributed by atoms with Gasteiger partial charge in [0, 0.05) is 0 Å². The first kappa shape index (κ1) is 16.0. The third-order valence-electron chi connectivity index (χ3n) is 2.90. The zero-order valence-corrected chi connectivity index (χ0v) is 12.5. The van der Waals surface area contributed by atoms with Gasteiger partial charge in [-0.05, 0) is 44.9 Å². The Kier molecular flexibility index (Phi) is 5.82. The maximum Gasteiger partial charge on any atom is 0.152 e. The fourth-order valence-electron chi connectivity index (χ4n) is 1.55. The van der Waals surface area contributed by atoms with Gasteiger partial charge in [0.1, 0.15) is 5.75 Å². The maximum atomic E-state index is 11.6. The second-order valence-corrected chi connectivity index (χ2v) is 7.54. The fraction of sp³-hybridized carbons (Fsp3) is 0.571. The molecule has 4 nitrogen and oxygen atoms in total. The number of benzene rings is 1. The van der Waals surface area contributed by atoms with Gasteiger partial charge in [0.25, 0.3) is 0 Å². The van der Waals surface area contributed by atoms with Crippen LogP contribution in [0.25, 0.3) is 0 Å². The average Bonchev–Trinajstić information content (AvgIpc) is 2.35. The highest BCUT2D eigenvalue weighted by atomic mass is 32.2. The Morgan fingerprint density at radius 3 is 2.53 bits per heavy atom. The Labute approximate surface area is 115 Å². The fourth-order valence-corrected chi connectivity index (χ4v) is 2.54. The van der Waals surface area contributed by atoms with Gasteiger partial charge in [-0.25, -0.2) is 8.42 Å². The minimum absolute atomic E-state index is 0.140. The summed E-state index contributed by atoms with van der Waals surface area (Å²) in [7, 11) is -2.99. The molecule has 1 aromatic carbocycles. The van der Waals surface area contributed by atoms with Gasteiger partial charge in [0.15, 0.2) is 9.84 Å². The molecule has 108 valence electrons. The normalized spacial score (nSPS) is 13.5. The molecular weight excluding hydrogens is 264 g/mol. The van der Waals surface area contributed by atoms with Crippen LogP contribution in [-0.4, -0.2) is 31.1 Å². The Morgan fingerprint density at radius 2 is 1.95 bits per heavy atom. The summed E-state index contributed by atoms with van der Waals surface area (Å²) in [6, 6.07) is 7.19. The Balaban J connectivity index is 2.44. The molecule has 1 unspecified atom stereocenters. The van der Waals surface area contributed by atoms with Crippen LogP contribution >= 0.6 is 0 Å². The lowest BCUT2D eigenvalue weighted by Crippen LogP contribution is -2.19. The zero-order valence-electron chi connectivity index (χ0n) is 11.7. The van der Waals surface area contributed by atoms with Gasteiger partial charge < -0.3 is 9.84 Å². The second-order valence-electron chi connectivity index (χ2n) is 4.87. The summed E-state index contributed by atoms with van der Waals surface area (Å²) >= 11 is 0. The SMILES string of the molecule is CC(O)c1cccc(OCCCS(=O)(=O)C(C)C)c1. The van der Waals surface area contributed by atoms with Crippen molar-refractivity contribution in [3.8, 4) is 5.75 Å². The van der Waals surface area contributed by atoms with Crippen LogP contribution in [0.3, 0.4) is 0 Å².